The summed E-state index contributed by atoms with van der Waals surface area (Å²) in [4.78, 5) is 28.0. The highest BCUT2D eigenvalue weighted by atomic mass is 32.2. The minimum Gasteiger partial charge on any atom is -0.496 e. The van der Waals surface area contributed by atoms with Crippen LogP contribution in [0, 0.1) is 6.92 Å². The Bertz CT molecular complexity index is 1110. The van der Waals surface area contributed by atoms with Gasteiger partial charge in [-0.15, -0.1) is 22.0 Å². The highest BCUT2D eigenvalue weighted by molar-refractivity contribution is 7.98. The van der Waals surface area contributed by atoms with Crippen molar-refractivity contribution in [1.82, 2.24) is 10.2 Å². The molecule has 9 heteroatoms. The molecule has 1 fully saturated rings. The number of carbonyl (C=O) groups is 2. The lowest BCUT2D eigenvalue weighted by atomic mass is 10.1. The zero-order valence-corrected chi connectivity index (χ0v) is 19.0. The Morgan fingerprint density at radius 3 is 2.71 bits per heavy atom. The molecule has 0 radical (unpaired) electrons. The Morgan fingerprint density at radius 1 is 1.23 bits per heavy atom. The Hall–Kier alpha value is -2.91. The second-order valence-electron chi connectivity index (χ2n) is 7.21. The van der Waals surface area contributed by atoms with E-state index >= 15 is 0 Å². The average Bonchev–Trinajstić information content (AvgIpc) is 3.40. The van der Waals surface area contributed by atoms with Crippen LogP contribution >= 0.6 is 23.1 Å². The maximum absolute atomic E-state index is 12.7. The summed E-state index contributed by atoms with van der Waals surface area (Å²) < 4.78 is 5.36. The van der Waals surface area contributed by atoms with Crippen molar-refractivity contribution in [3.8, 4) is 5.75 Å². The summed E-state index contributed by atoms with van der Waals surface area (Å²) in [6.45, 7) is 2.57. The molecular formula is C22H22N4O3S2. The number of nitrogens with one attached hydrogen (secondary N) is 1. The Balaban J connectivity index is 1.46. The first-order valence-corrected chi connectivity index (χ1v) is 11.8. The SMILES string of the molecule is COc1cc(SC)ccc1C(=O)Nc1nnc(C2CC(=O)N(c3ccc(C)cc3)C2)s1. The summed E-state index contributed by atoms with van der Waals surface area (Å²) in [6.07, 6.45) is 2.34. The molecule has 1 N–H and O–H groups in total. The number of benzene rings is 2. The first-order valence-electron chi connectivity index (χ1n) is 9.72. The fourth-order valence-electron chi connectivity index (χ4n) is 3.45. The molecular weight excluding hydrogens is 432 g/mol. The molecule has 2 aromatic carbocycles. The van der Waals surface area contributed by atoms with Crippen molar-refractivity contribution in [1.29, 1.82) is 0 Å². The normalized spacial score (nSPS) is 15.9. The van der Waals surface area contributed by atoms with E-state index in [1.54, 1.807) is 22.7 Å². The van der Waals surface area contributed by atoms with Crippen LogP contribution < -0.4 is 15.0 Å². The average molecular weight is 455 g/mol. The second-order valence-corrected chi connectivity index (χ2v) is 9.10. The van der Waals surface area contributed by atoms with Crippen LogP contribution in [0.4, 0.5) is 10.8 Å². The number of aromatic nitrogens is 2. The van der Waals surface area contributed by atoms with Gasteiger partial charge in [-0.2, -0.15) is 0 Å². The summed E-state index contributed by atoms with van der Waals surface area (Å²) in [5.41, 5.74) is 2.46. The standard InChI is InChI=1S/C22H22N4O3S2/c1-13-4-6-15(7-5-13)26-12-14(10-19(26)27)21-24-25-22(31-21)23-20(28)17-9-8-16(30-3)11-18(17)29-2/h4-9,11,14H,10,12H2,1-3H3,(H,23,25,28). The van der Waals surface area contributed by atoms with Crippen LogP contribution in [0.2, 0.25) is 0 Å². The van der Waals surface area contributed by atoms with Gasteiger partial charge in [-0.25, -0.2) is 0 Å². The molecule has 0 aliphatic carbocycles. The first-order chi connectivity index (χ1) is 15.0. The summed E-state index contributed by atoms with van der Waals surface area (Å²) in [5.74, 6) is 0.209. The lowest BCUT2D eigenvalue weighted by Gasteiger charge is -2.16. The number of amides is 2. The van der Waals surface area contributed by atoms with Gasteiger partial charge >= 0.3 is 0 Å². The van der Waals surface area contributed by atoms with E-state index in [1.807, 2.05) is 49.6 Å². The molecule has 1 aliphatic heterocycles. The van der Waals surface area contributed by atoms with Gasteiger partial charge in [0.05, 0.1) is 12.7 Å². The molecule has 0 spiro atoms. The third-order valence-corrected chi connectivity index (χ3v) is 6.86. The maximum Gasteiger partial charge on any atom is 0.261 e. The van der Waals surface area contributed by atoms with Crippen molar-refractivity contribution in [2.24, 2.45) is 0 Å². The van der Waals surface area contributed by atoms with Gasteiger partial charge in [0.15, 0.2) is 0 Å². The number of carbonyl (C=O) groups excluding carboxylic acids is 2. The lowest BCUT2D eigenvalue weighted by Crippen LogP contribution is -2.24. The second kappa shape index (κ2) is 9.07. The highest BCUT2D eigenvalue weighted by Crippen LogP contribution is 2.34. The Labute approximate surface area is 188 Å². The van der Waals surface area contributed by atoms with Crippen molar-refractivity contribution in [3.05, 3.63) is 58.6 Å². The topological polar surface area (TPSA) is 84.4 Å². The molecule has 2 heterocycles. The van der Waals surface area contributed by atoms with Gasteiger partial charge in [0.1, 0.15) is 10.8 Å². The minimum atomic E-state index is -0.309. The highest BCUT2D eigenvalue weighted by Gasteiger charge is 2.34. The monoisotopic (exact) mass is 454 g/mol. The number of ether oxygens (including phenoxy) is 1. The summed E-state index contributed by atoms with van der Waals surface area (Å²) >= 11 is 2.87. The predicted molar refractivity (Wildman–Crippen MR) is 124 cm³/mol. The smallest absolute Gasteiger partial charge is 0.261 e. The molecule has 4 rings (SSSR count). The first kappa shape index (κ1) is 21.3. The van der Waals surface area contributed by atoms with E-state index in [0.29, 0.717) is 29.4 Å². The molecule has 160 valence electrons. The quantitative estimate of drug-likeness (QED) is 0.558. The van der Waals surface area contributed by atoms with Gasteiger partial charge in [-0.1, -0.05) is 29.0 Å². The summed E-state index contributed by atoms with van der Waals surface area (Å²) in [7, 11) is 1.54. The van der Waals surface area contributed by atoms with Gasteiger partial charge in [-0.3, -0.25) is 14.9 Å². The van der Waals surface area contributed by atoms with Crippen LogP contribution in [0.3, 0.4) is 0 Å². The Kier molecular flexibility index (Phi) is 6.24. The van der Waals surface area contributed by atoms with Gasteiger partial charge in [0.2, 0.25) is 11.0 Å². The van der Waals surface area contributed by atoms with Gasteiger partial charge < -0.3 is 9.64 Å². The van der Waals surface area contributed by atoms with Crippen LogP contribution in [0.25, 0.3) is 0 Å². The van der Waals surface area contributed by atoms with Crippen molar-refractivity contribution < 1.29 is 14.3 Å². The molecule has 1 aliphatic rings. The molecule has 2 amide bonds. The third-order valence-electron chi connectivity index (χ3n) is 5.13. The van der Waals surface area contributed by atoms with Crippen LogP contribution in [-0.4, -0.2) is 41.9 Å². The van der Waals surface area contributed by atoms with Crippen molar-refractivity contribution in [2.45, 2.75) is 24.2 Å². The van der Waals surface area contributed by atoms with Gasteiger partial charge in [0.25, 0.3) is 5.91 Å². The molecule has 1 unspecified atom stereocenters. The number of methoxy groups -OCH3 is 1. The number of hydrogen-bond donors (Lipinski definition) is 1. The van der Waals surface area contributed by atoms with E-state index in [2.05, 4.69) is 15.5 Å². The van der Waals surface area contributed by atoms with Crippen LogP contribution in [-0.2, 0) is 4.79 Å². The van der Waals surface area contributed by atoms with E-state index in [1.165, 1.54) is 18.4 Å². The number of anilines is 2. The number of hydrogen-bond acceptors (Lipinski definition) is 7. The molecule has 0 bridgehead atoms. The van der Waals surface area contributed by atoms with E-state index in [0.717, 1.165) is 21.2 Å². The lowest BCUT2D eigenvalue weighted by molar-refractivity contribution is -0.117. The van der Waals surface area contributed by atoms with Gasteiger partial charge in [0, 0.05) is 29.5 Å². The minimum absolute atomic E-state index is 0.0487. The predicted octanol–water partition coefficient (Wildman–Crippen LogP) is 4.35. The third kappa shape index (κ3) is 4.57. The number of rotatable bonds is 6. The largest absolute Gasteiger partial charge is 0.496 e. The van der Waals surface area contributed by atoms with Crippen molar-refractivity contribution in [3.63, 3.8) is 0 Å². The molecule has 31 heavy (non-hydrogen) atoms. The van der Waals surface area contributed by atoms with Crippen molar-refractivity contribution in [2.75, 3.05) is 30.1 Å². The summed E-state index contributed by atoms with van der Waals surface area (Å²) in [6, 6.07) is 13.3. The van der Waals surface area contributed by atoms with Gasteiger partial charge in [-0.05, 0) is 43.5 Å². The van der Waals surface area contributed by atoms with E-state index in [-0.39, 0.29) is 17.7 Å². The number of thioether (sulfide) groups is 1. The van der Waals surface area contributed by atoms with Crippen molar-refractivity contribution >= 4 is 45.7 Å². The van der Waals surface area contributed by atoms with Crippen LogP contribution in [0.15, 0.2) is 47.4 Å². The molecule has 1 saturated heterocycles. The Morgan fingerprint density at radius 2 is 2.00 bits per heavy atom. The number of aryl methyl sites for hydroxylation is 1. The maximum atomic E-state index is 12.7. The van der Waals surface area contributed by atoms with E-state index in [9.17, 15) is 9.59 Å². The molecule has 0 saturated carbocycles. The van der Waals surface area contributed by atoms with Crippen LogP contribution in [0.5, 0.6) is 5.75 Å². The molecule has 1 aromatic heterocycles. The molecule has 7 nitrogen and oxygen atoms in total. The molecule has 1 atom stereocenters. The fourth-order valence-corrected chi connectivity index (χ4v) is 4.71. The van der Waals surface area contributed by atoms with E-state index < -0.39 is 0 Å². The van der Waals surface area contributed by atoms with E-state index in [4.69, 9.17) is 4.74 Å². The fraction of sp³-hybridized carbons (Fsp3) is 0.273. The zero-order chi connectivity index (χ0) is 22.0. The summed E-state index contributed by atoms with van der Waals surface area (Å²) in [5, 5.41) is 12.3. The van der Waals surface area contributed by atoms with Crippen LogP contribution in [0.1, 0.15) is 33.3 Å². The molecule has 3 aromatic rings. The zero-order valence-electron chi connectivity index (χ0n) is 17.4. The number of nitrogens with zero attached hydrogens (tertiary/aromatic N) is 3.